The number of fused-ring (bicyclic) bond motifs is 1. The molecule has 40 heavy (non-hydrogen) atoms. The summed E-state index contributed by atoms with van der Waals surface area (Å²) in [7, 11) is -11.5. The van der Waals surface area contributed by atoms with Crippen LogP contribution in [-0.4, -0.2) is 138 Å². The molecule has 2 aromatic rings. The lowest BCUT2D eigenvalue weighted by atomic mass is 9.87. The Labute approximate surface area is 222 Å². The third-order valence-electron chi connectivity index (χ3n) is 6.30. The van der Waals surface area contributed by atoms with Crippen LogP contribution in [0.15, 0.2) is 12.7 Å². The van der Waals surface area contributed by atoms with Crippen LogP contribution in [0.2, 0.25) is 0 Å². The van der Waals surface area contributed by atoms with Crippen molar-refractivity contribution in [2.75, 3.05) is 12.3 Å². The molecule has 12 atom stereocenters. The molecule has 0 spiro atoms. The molecule has 2 fully saturated rings. The minimum Gasteiger partial charge on any atom is -0.394 e. The van der Waals surface area contributed by atoms with Crippen molar-refractivity contribution in [1.29, 1.82) is 0 Å². The number of aliphatic hydroxyl groups is 7. The SMILES string of the molecule is Nc1ncnc2c1ncn2C1OC(C(OP(=O)(O)OP(=O)(O)O)C2OC([C@@H](O)CO)[C@@H](O)[C@H](O)[C@@H]2O)[C@@H](O)[C@H]1O. The second-order valence-electron chi connectivity index (χ2n) is 8.95. The first kappa shape index (κ1) is 31.2. The van der Waals surface area contributed by atoms with Crippen molar-refractivity contribution < 1.29 is 77.9 Å². The Kier molecular flexibility index (Phi) is 8.97. The molecular weight excluding hydrogens is 592 g/mol. The maximum Gasteiger partial charge on any atom is 0.481 e. The number of aliphatic hydroxyl groups excluding tert-OH is 7. The van der Waals surface area contributed by atoms with E-state index >= 15 is 0 Å². The molecule has 2 aromatic heterocycles. The van der Waals surface area contributed by atoms with Crippen molar-refractivity contribution in [1.82, 2.24) is 19.5 Å². The van der Waals surface area contributed by atoms with Gasteiger partial charge in [0.15, 0.2) is 17.7 Å². The van der Waals surface area contributed by atoms with E-state index in [1.807, 2.05) is 0 Å². The van der Waals surface area contributed by atoms with Crippen LogP contribution >= 0.6 is 15.6 Å². The molecule has 0 aliphatic carbocycles. The van der Waals surface area contributed by atoms with Crippen molar-refractivity contribution in [3.63, 3.8) is 0 Å². The van der Waals surface area contributed by atoms with Crippen LogP contribution in [0.4, 0.5) is 5.82 Å². The Balaban J connectivity index is 1.74. The van der Waals surface area contributed by atoms with Gasteiger partial charge in [0.05, 0.1) is 12.9 Å². The summed E-state index contributed by atoms with van der Waals surface area (Å²) in [5.41, 5.74) is 5.83. The highest BCUT2D eigenvalue weighted by Crippen LogP contribution is 2.59. The summed E-state index contributed by atoms with van der Waals surface area (Å²) >= 11 is 0. The average molecular weight is 619 g/mol. The Bertz CT molecular complexity index is 1300. The van der Waals surface area contributed by atoms with Crippen molar-refractivity contribution >= 4 is 32.6 Å². The first-order chi connectivity index (χ1) is 18.6. The zero-order valence-electron chi connectivity index (χ0n) is 19.9. The maximum absolute atomic E-state index is 12.5. The fourth-order valence-electron chi connectivity index (χ4n) is 4.48. The zero-order valence-corrected chi connectivity index (χ0v) is 21.7. The fourth-order valence-corrected chi connectivity index (χ4v) is 6.26. The lowest BCUT2D eigenvalue weighted by molar-refractivity contribution is -0.272. The van der Waals surface area contributed by atoms with Crippen molar-refractivity contribution in [2.45, 2.75) is 67.3 Å². The third-order valence-corrected chi connectivity index (χ3v) is 8.49. The Morgan fingerprint density at radius 2 is 1.52 bits per heavy atom. The molecule has 4 rings (SSSR count). The van der Waals surface area contributed by atoms with E-state index in [1.165, 1.54) is 0 Å². The number of nitrogens with zero attached hydrogens (tertiary/aromatic N) is 4. The van der Waals surface area contributed by atoms with Gasteiger partial charge in [-0.1, -0.05) is 0 Å². The number of imidazole rings is 1. The summed E-state index contributed by atoms with van der Waals surface area (Å²) < 4.78 is 44.5. The largest absolute Gasteiger partial charge is 0.481 e. The molecule has 6 unspecified atom stereocenters. The molecule has 0 radical (unpaired) electrons. The van der Waals surface area contributed by atoms with Gasteiger partial charge in [0.1, 0.15) is 72.9 Å². The summed E-state index contributed by atoms with van der Waals surface area (Å²) in [4.78, 5) is 39.8. The predicted octanol–water partition coefficient (Wildman–Crippen LogP) is -5.17. The number of phosphoric acid groups is 2. The third kappa shape index (κ3) is 6.05. The van der Waals surface area contributed by atoms with Gasteiger partial charge in [-0.15, -0.1) is 0 Å². The number of hydrogen-bond donors (Lipinski definition) is 11. The van der Waals surface area contributed by atoms with Crippen LogP contribution < -0.4 is 5.73 Å². The van der Waals surface area contributed by atoms with Crippen molar-refractivity contribution in [3.8, 4) is 0 Å². The molecule has 23 heteroatoms. The predicted molar refractivity (Wildman–Crippen MR) is 123 cm³/mol. The summed E-state index contributed by atoms with van der Waals surface area (Å²) in [6.45, 7) is -1.02. The van der Waals surface area contributed by atoms with E-state index in [0.717, 1.165) is 17.2 Å². The highest BCUT2D eigenvalue weighted by molar-refractivity contribution is 7.60. The minimum atomic E-state index is -5.81. The second-order valence-corrected chi connectivity index (χ2v) is 11.7. The summed E-state index contributed by atoms with van der Waals surface area (Å²) in [5.74, 6) is -0.0508. The topological polar surface area (TPSA) is 343 Å². The Hall–Kier alpha value is -1.75. The smallest absolute Gasteiger partial charge is 0.394 e. The van der Waals surface area contributed by atoms with Crippen LogP contribution in [0.3, 0.4) is 0 Å². The first-order valence-electron chi connectivity index (χ1n) is 11.3. The molecular formula is C17H27N5O16P2. The maximum atomic E-state index is 12.5. The lowest BCUT2D eigenvalue weighted by Crippen LogP contribution is -2.65. The normalized spacial score (nSPS) is 36.4. The lowest BCUT2D eigenvalue weighted by Gasteiger charge is -2.45. The van der Waals surface area contributed by atoms with E-state index in [9.17, 15) is 49.8 Å². The molecule has 12 N–H and O–H groups in total. The highest BCUT2D eigenvalue weighted by atomic mass is 31.3. The standard InChI is InChI=1S/C17H27N5O16P2/c18-15-5-16(20-2-19-15)22(3-21-5)17-10(29)9(28)13(36-17)14(37-40(33,34)38-39(30,31)32)12-8(27)6(25)7(26)11(35-12)4(24)1-23/h2-4,6-14,17,23-29H,1H2,(H,33,34)(H2,18,19,20)(H2,30,31,32)/t4-,6-,7-,8-,9-,10+,11?,12?,13?,14?,17?/m0/s1. The van der Waals surface area contributed by atoms with Gasteiger partial charge in [-0.2, -0.15) is 4.31 Å². The van der Waals surface area contributed by atoms with Gasteiger partial charge in [-0.05, 0) is 0 Å². The van der Waals surface area contributed by atoms with Crippen molar-refractivity contribution in [3.05, 3.63) is 12.7 Å². The van der Waals surface area contributed by atoms with E-state index in [2.05, 4.69) is 19.3 Å². The van der Waals surface area contributed by atoms with Crippen LogP contribution in [0.5, 0.6) is 0 Å². The number of ether oxygens (including phenoxy) is 2. The van der Waals surface area contributed by atoms with E-state index in [0.29, 0.717) is 0 Å². The number of anilines is 1. The van der Waals surface area contributed by atoms with Gasteiger partial charge in [-0.3, -0.25) is 9.09 Å². The molecule has 0 bridgehead atoms. The first-order valence-corrected chi connectivity index (χ1v) is 14.3. The van der Waals surface area contributed by atoms with Gasteiger partial charge in [-0.25, -0.2) is 24.1 Å². The molecule has 0 amide bonds. The summed E-state index contributed by atoms with van der Waals surface area (Å²) in [5, 5.41) is 72.2. The van der Waals surface area contributed by atoms with E-state index in [4.69, 9.17) is 29.5 Å². The average Bonchev–Trinajstić information content (AvgIpc) is 3.41. The monoisotopic (exact) mass is 619 g/mol. The Morgan fingerprint density at radius 1 is 0.925 bits per heavy atom. The molecule has 2 aliphatic heterocycles. The van der Waals surface area contributed by atoms with Gasteiger partial charge < -0.3 is 65.6 Å². The number of rotatable bonds is 9. The Morgan fingerprint density at radius 3 is 2.15 bits per heavy atom. The van der Waals surface area contributed by atoms with Crippen LogP contribution in [0, 0.1) is 0 Å². The van der Waals surface area contributed by atoms with Crippen LogP contribution in [0.1, 0.15) is 6.23 Å². The number of nitrogens with two attached hydrogens (primary N) is 1. The van der Waals surface area contributed by atoms with E-state index in [1.54, 1.807) is 0 Å². The zero-order chi connectivity index (χ0) is 29.7. The van der Waals surface area contributed by atoms with Crippen LogP contribution in [0.25, 0.3) is 11.2 Å². The fraction of sp³-hybridized carbons (Fsp3) is 0.706. The number of nitrogen functional groups attached to an aromatic ring is 1. The van der Waals surface area contributed by atoms with E-state index < -0.39 is 89.5 Å². The van der Waals surface area contributed by atoms with Gasteiger partial charge >= 0.3 is 15.6 Å². The minimum absolute atomic E-state index is 0.0122. The van der Waals surface area contributed by atoms with Gasteiger partial charge in [0.25, 0.3) is 0 Å². The number of phosphoric ester groups is 1. The second kappa shape index (κ2) is 11.5. The van der Waals surface area contributed by atoms with E-state index in [-0.39, 0.29) is 17.0 Å². The quantitative estimate of drug-likeness (QED) is 0.117. The van der Waals surface area contributed by atoms with Gasteiger partial charge in [0, 0.05) is 0 Å². The van der Waals surface area contributed by atoms with Gasteiger partial charge in [0.2, 0.25) is 0 Å². The van der Waals surface area contributed by atoms with Crippen LogP contribution in [-0.2, 0) is 27.4 Å². The molecule has 0 saturated carbocycles. The molecule has 2 aliphatic rings. The van der Waals surface area contributed by atoms with Crippen molar-refractivity contribution in [2.24, 2.45) is 0 Å². The number of aromatic nitrogens is 4. The molecule has 2 saturated heterocycles. The number of hydrogen-bond acceptors (Lipinski definition) is 17. The summed E-state index contributed by atoms with van der Waals surface area (Å²) in [6.07, 6.45) is -20.0. The summed E-state index contributed by atoms with van der Waals surface area (Å²) in [6, 6.07) is 0. The highest BCUT2D eigenvalue weighted by Gasteiger charge is 2.58. The molecule has 226 valence electrons. The molecule has 4 heterocycles. The molecule has 0 aromatic carbocycles. The molecule has 21 nitrogen and oxygen atoms in total.